The lowest BCUT2D eigenvalue weighted by molar-refractivity contribution is 0.0786. The number of aliphatic hydroxyl groups is 1. The molecular formula is C15H18FN3O. The Hall–Kier alpha value is -1.72. The molecule has 0 radical (unpaired) electrons. The van der Waals surface area contributed by atoms with E-state index in [4.69, 9.17) is 0 Å². The summed E-state index contributed by atoms with van der Waals surface area (Å²) in [6.07, 6.45) is 3.40. The number of halogens is 1. The summed E-state index contributed by atoms with van der Waals surface area (Å²) in [5, 5.41) is 14.0. The molecule has 106 valence electrons. The number of aliphatic hydroxyl groups excluding tert-OH is 1. The lowest BCUT2D eigenvalue weighted by Crippen LogP contribution is -2.35. The van der Waals surface area contributed by atoms with Crippen LogP contribution < -0.4 is 0 Å². The van der Waals surface area contributed by atoms with E-state index in [0.717, 1.165) is 43.9 Å². The van der Waals surface area contributed by atoms with Crippen LogP contribution in [0, 0.1) is 5.82 Å². The lowest BCUT2D eigenvalue weighted by atomic mass is 10.1. The van der Waals surface area contributed by atoms with Crippen LogP contribution in [0.5, 0.6) is 0 Å². The van der Waals surface area contributed by atoms with Crippen molar-refractivity contribution in [3.63, 3.8) is 0 Å². The Morgan fingerprint density at radius 3 is 2.55 bits per heavy atom. The molecule has 2 aromatic rings. The molecule has 0 amide bonds. The molecule has 1 aromatic carbocycles. The van der Waals surface area contributed by atoms with Gasteiger partial charge >= 0.3 is 0 Å². The predicted molar refractivity (Wildman–Crippen MR) is 74.0 cm³/mol. The zero-order valence-electron chi connectivity index (χ0n) is 11.2. The van der Waals surface area contributed by atoms with Crippen LogP contribution in [0.15, 0.2) is 36.5 Å². The van der Waals surface area contributed by atoms with Gasteiger partial charge in [-0.15, -0.1) is 0 Å². The fourth-order valence-electron chi connectivity index (χ4n) is 2.49. The minimum absolute atomic E-state index is 0.150. The van der Waals surface area contributed by atoms with Gasteiger partial charge in [0.2, 0.25) is 0 Å². The van der Waals surface area contributed by atoms with Crippen molar-refractivity contribution in [1.82, 2.24) is 14.7 Å². The summed E-state index contributed by atoms with van der Waals surface area (Å²) < 4.78 is 14.6. The normalized spacial score (nSPS) is 17.5. The van der Waals surface area contributed by atoms with E-state index in [9.17, 15) is 9.50 Å². The second kappa shape index (κ2) is 5.73. The molecule has 1 aliphatic heterocycles. The third kappa shape index (κ3) is 3.05. The fraction of sp³-hybridized carbons (Fsp3) is 0.400. The summed E-state index contributed by atoms with van der Waals surface area (Å²) in [4.78, 5) is 2.30. The van der Waals surface area contributed by atoms with Gasteiger partial charge in [-0.1, -0.05) is 0 Å². The minimum Gasteiger partial charge on any atom is -0.393 e. The molecule has 1 N–H and O–H groups in total. The summed E-state index contributed by atoms with van der Waals surface area (Å²) in [5.41, 5.74) is 1.84. The molecule has 2 heterocycles. The Kier molecular flexibility index (Phi) is 3.80. The highest BCUT2D eigenvalue weighted by Gasteiger charge is 2.17. The molecule has 1 aromatic heterocycles. The van der Waals surface area contributed by atoms with E-state index in [1.54, 1.807) is 16.8 Å². The maximum atomic E-state index is 12.9. The summed E-state index contributed by atoms with van der Waals surface area (Å²) in [6, 6.07) is 8.27. The number of rotatable bonds is 3. The van der Waals surface area contributed by atoms with Crippen molar-refractivity contribution in [2.24, 2.45) is 0 Å². The van der Waals surface area contributed by atoms with E-state index in [-0.39, 0.29) is 11.9 Å². The van der Waals surface area contributed by atoms with Crippen LogP contribution >= 0.6 is 0 Å². The molecule has 0 aliphatic carbocycles. The van der Waals surface area contributed by atoms with Crippen molar-refractivity contribution in [2.45, 2.75) is 25.5 Å². The molecule has 3 rings (SSSR count). The number of benzene rings is 1. The molecule has 0 atom stereocenters. The van der Waals surface area contributed by atoms with Gasteiger partial charge in [0.1, 0.15) is 5.82 Å². The van der Waals surface area contributed by atoms with E-state index in [2.05, 4.69) is 10.00 Å². The first kappa shape index (κ1) is 13.3. The molecule has 0 bridgehead atoms. The van der Waals surface area contributed by atoms with Gasteiger partial charge in [0, 0.05) is 25.8 Å². The average Bonchev–Trinajstić information content (AvgIpc) is 2.91. The van der Waals surface area contributed by atoms with Gasteiger partial charge in [-0.05, 0) is 43.2 Å². The molecule has 1 saturated heterocycles. The summed E-state index contributed by atoms with van der Waals surface area (Å²) in [5.74, 6) is -0.243. The van der Waals surface area contributed by atoms with E-state index < -0.39 is 0 Å². The van der Waals surface area contributed by atoms with Gasteiger partial charge < -0.3 is 5.11 Å². The largest absolute Gasteiger partial charge is 0.393 e. The summed E-state index contributed by atoms with van der Waals surface area (Å²) in [6.45, 7) is 2.61. The Balaban J connectivity index is 1.66. The first-order valence-corrected chi connectivity index (χ1v) is 6.91. The third-order valence-electron chi connectivity index (χ3n) is 3.68. The van der Waals surface area contributed by atoms with E-state index in [1.165, 1.54) is 12.1 Å². The number of likely N-dealkylation sites (tertiary alicyclic amines) is 1. The van der Waals surface area contributed by atoms with Crippen molar-refractivity contribution in [2.75, 3.05) is 13.1 Å². The van der Waals surface area contributed by atoms with E-state index >= 15 is 0 Å². The molecule has 0 spiro atoms. The van der Waals surface area contributed by atoms with Crippen LogP contribution in [0.1, 0.15) is 18.5 Å². The van der Waals surface area contributed by atoms with Gasteiger partial charge in [0.05, 0.1) is 17.5 Å². The standard InChI is InChI=1S/C15H18FN3O/c16-12-1-3-14(4-2-12)19-10-5-13(17-19)11-18-8-6-15(20)7-9-18/h1-5,10,15,20H,6-9,11H2. The van der Waals surface area contributed by atoms with Crippen LogP contribution in [0.3, 0.4) is 0 Å². The van der Waals surface area contributed by atoms with Gasteiger partial charge in [-0.25, -0.2) is 9.07 Å². The monoisotopic (exact) mass is 275 g/mol. The highest BCUT2D eigenvalue weighted by Crippen LogP contribution is 2.14. The average molecular weight is 275 g/mol. The molecule has 0 saturated carbocycles. The molecule has 1 aliphatic rings. The second-order valence-electron chi connectivity index (χ2n) is 5.24. The van der Waals surface area contributed by atoms with Crippen LogP contribution in [0.25, 0.3) is 5.69 Å². The smallest absolute Gasteiger partial charge is 0.123 e. The summed E-state index contributed by atoms with van der Waals surface area (Å²) in [7, 11) is 0. The first-order valence-electron chi connectivity index (χ1n) is 6.91. The third-order valence-corrected chi connectivity index (χ3v) is 3.68. The number of hydrogen-bond acceptors (Lipinski definition) is 3. The van der Waals surface area contributed by atoms with E-state index in [0.29, 0.717) is 0 Å². The van der Waals surface area contributed by atoms with Crippen LogP contribution in [-0.2, 0) is 6.54 Å². The van der Waals surface area contributed by atoms with Gasteiger partial charge in [-0.3, -0.25) is 4.90 Å². The molecular weight excluding hydrogens is 257 g/mol. The van der Waals surface area contributed by atoms with Crippen molar-refractivity contribution in [3.05, 3.63) is 48.0 Å². The lowest BCUT2D eigenvalue weighted by Gasteiger charge is -2.28. The number of piperidine rings is 1. The topological polar surface area (TPSA) is 41.3 Å². The second-order valence-corrected chi connectivity index (χ2v) is 5.24. The van der Waals surface area contributed by atoms with Crippen molar-refractivity contribution in [1.29, 1.82) is 0 Å². The van der Waals surface area contributed by atoms with Gasteiger partial charge in [-0.2, -0.15) is 5.10 Å². The number of nitrogens with zero attached hydrogens (tertiary/aromatic N) is 3. The van der Waals surface area contributed by atoms with Gasteiger partial charge in [0.25, 0.3) is 0 Å². The highest BCUT2D eigenvalue weighted by atomic mass is 19.1. The quantitative estimate of drug-likeness (QED) is 0.931. The van der Waals surface area contributed by atoms with Crippen LogP contribution in [-0.4, -0.2) is 39.0 Å². The Morgan fingerprint density at radius 2 is 1.85 bits per heavy atom. The fourth-order valence-corrected chi connectivity index (χ4v) is 2.49. The molecule has 1 fully saturated rings. The molecule has 4 nitrogen and oxygen atoms in total. The zero-order valence-corrected chi connectivity index (χ0v) is 11.2. The molecule has 20 heavy (non-hydrogen) atoms. The summed E-state index contributed by atoms with van der Waals surface area (Å²) >= 11 is 0. The Labute approximate surface area is 117 Å². The van der Waals surface area contributed by atoms with Crippen molar-refractivity contribution < 1.29 is 9.50 Å². The van der Waals surface area contributed by atoms with Crippen LogP contribution in [0.2, 0.25) is 0 Å². The van der Waals surface area contributed by atoms with Crippen molar-refractivity contribution >= 4 is 0 Å². The minimum atomic E-state index is -0.243. The SMILES string of the molecule is OC1CCN(Cc2ccn(-c3ccc(F)cc3)n2)CC1. The first-order chi connectivity index (χ1) is 9.70. The predicted octanol–water partition coefficient (Wildman–Crippen LogP) is 1.97. The molecule has 5 heteroatoms. The van der Waals surface area contributed by atoms with Crippen LogP contribution in [0.4, 0.5) is 4.39 Å². The van der Waals surface area contributed by atoms with E-state index in [1.807, 2.05) is 12.3 Å². The zero-order chi connectivity index (χ0) is 13.9. The maximum absolute atomic E-state index is 12.9. The number of hydrogen-bond donors (Lipinski definition) is 1. The van der Waals surface area contributed by atoms with Crippen molar-refractivity contribution in [3.8, 4) is 5.69 Å². The maximum Gasteiger partial charge on any atom is 0.123 e. The molecule has 0 unspecified atom stereocenters. The Morgan fingerprint density at radius 1 is 1.15 bits per heavy atom. The van der Waals surface area contributed by atoms with Gasteiger partial charge in [0.15, 0.2) is 0 Å². The highest BCUT2D eigenvalue weighted by molar-refractivity contribution is 5.31. The number of aromatic nitrogens is 2. The Bertz CT molecular complexity index is 559.